The highest BCUT2D eigenvalue weighted by atomic mass is 35.5. The second-order valence-electron chi connectivity index (χ2n) is 4.98. The number of hydrogen-bond acceptors (Lipinski definition) is 2. The highest BCUT2D eigenvalue weighted by Gasteiger charge is 2.20. The normalized spacial score (nSPS) is 24.9. The molecule has 1 fully saturated rings. The largest absolute Gasteiger partial charge is 0.326 e. The Kier molecular flexibility index (Phi) is 4.78. The van der Waals surface area contributed by atoms with E-state index in [1.807, 2.05) is 17.8 Å². The molecule has 0 bridgehead atoms. The number of hydrogen-bond donors (Lipinski definition) is 1. The molecule has 2 atom stereocenters. The third-order valence-corrected chi connectivity index (χ3v) is 5.21. The Morgan fingerprint density at radius 3 is 2.88 bits per heavy atom. The Balaban J connectivity index is 2.02. The molecule has 0 saturated heterocycles. The van der Waals surface area contributed by atoms with Crippen molar-refractivity contribution in [1.29, 1.82) is 0 Å². The van der Waals surface area contributed by atoms with Crippen molar-refractivity contribution in [2.24, 2.45) is 11.7 Å². The Labute approximate surface area is 113 Å². The van der Waals surface area contributed by atoms with Gasteiger partial charge in [-0.1, -0.05) is 37.4 Å². The smallest absolute Gasteiger partial charge is 0.0545 e. The Morgan fingerprint density at radius 1 is 1.41 bits per heavy atom. The van der Waals surface area contributed by atoms with Crippen molar-refractivity contribution in [3.63, 3.8) is 0 Å². The van der Waals surface area contributed by atoms with E-state index in [9.17, 15) is 0 Å². The van der Waals surface area contributed by atoms with Crippen LogP contribution in [0.25, 0.3) is 0 Å². The molecule has 1 aromatic rings. The topological polar surface area (TPSA) is 26.0 Å². The molecule has 94 valence electrons. The van der Waals surface area contributed by atoms with Crippen molar-refractivity contribution in [2.75, 3.05) is 0 Å². The molecule has 2 N–H and O–H groups in total. The average molecular weight is 270 g/mol. The summed E-state index contributed by atoms with van der Waals surface area (Å²) >= 11 is 8.23. The van der Waals surface area contributed by atoms with Gasteiger partial charge in [0.25, 0.3) is 0 Å². The summed E-state index contributed by atoms with van der Waals surface area (Å²) in [5, 5.41) is 1.59. The van der Waals surface area contributed by atoms with Crippen LogP contribution in [0.2, 0.25) is 5.02 Å². The first-order chi connectivity index (χ1) is 8.19. The molecule has 3 heteroatoms. The minimum Gasteiger partial charge on any atom is -0.326 e. The third-order valence-electron chi connectivity index (χ3n) is 3.41. The van der Waals surface area contributed by atoms with Crippen LogP contribution in [0.15, 0.2) is 23.1 Å². The van der Waals surface area contributed by atoms with E-state index in [1.54, 1.807) is 0 Å². The van der Waals surface area contributed by atoms with Gasteiger partial charge in [-0.15, -0.1) is 11.8 Å². The second kappa shape index (κ2) is 6.12. The SMILES string of the molecule is CC1CCCC(Sc2ccc(CN)cc2Cl)C1. The molecule has 0 aromatic heterocycles. The minimum atomic E-state index is 0.561. The van der Waals surface area contributed by atoms with Crippen LogP contribution in [-0.2, 0) is 6.54 Å². The summed E-state index contributed by atoms with van der Waals surface area (Å²) in [5.74, 6) is 0.864. The van der Waals surface area contributed by atoms with Crippen LogP contribution in [0.5, 0.6) is 0 Å². The van der Waals surface area contributed by atoms with E-state index in [1.165, 1.54) is 30.6 Å². The van der Waals surface area contributed by atoms with Crippen LogP contribution in [0.3, 0.4) is 0 Å². The summed E-state index contributed by atoms with van der Waals surface area (Å²) in [6.07, 6.45) is 5.39. The Morgan fingerprint density at radius 2 is 2.24 bits per heavy atom. The Hall–Kier alpha value is -0.180. The maximum absolute atomic E-state index is 6.29. The molecule has 0 spiro atoms. The van der Waals surface area contributed by atoms with E-state index in [-0.39, 0.29) is 0 Å². The van der Waals surface area contributed by atoms with E-state index >= 15 is 0 Å². The van der Waals surface area contributed by atoms with Gasteiger partial charge in [0, 0.05) is 16.7 Å². The molecule has 0 amide bonds. The van der Waals surface area contributed by atoms with Crippen LogP contribution in [0.4, 0.5) is 0 Å². The first-order valence-electron chi connectivity index (χ1n) is 6.34. The zero-order valence-electron chi connectivity index (χ0n) is 10.3. The molecule has 0 heterocycles. The summed E-state index contributed by atoms with van der Waals surface area (Å²) in [4.78, 5) is 1.21. The molecule has 2 unspecified atom stereocenters. The first-order valence-corrected chi connectivity index (χ1v) is 7.60. The van der Waals surface area contributed by atoms with E-state index in [0.717, 1.165) is 21.8 Å². The fraction of sp³-hybridized carbons (Fsp3) is 0.571. The van der Waals surface area contributed by atoms with Gasteiger partial charge in [0.05, 0.1) is 5.02 Å². The summed E-state index contributed by atoms with van der Waals surface area (Å²) < 4.78 is 0. The number of thioether (sulfide) groups is 1. The fourth-order valence-corrected chi connectivity index (χ4v) is 4.16. The molecule has 1 saturated carbocycles. The summed E-state index contributed by atoms with van der Waals surface area (Å²) in [7, 11) is 0. The van der Waals surface area contributed by atoms with Gasteiger partial charge in [-0.3, -0.25) is 0 Å². The number of rotatable bonds is 3. The zero-order chi connectivity index (χ0) is 12.3. The van der Waals surface area contributed by atoms with Gasteiger partial charge in [0.1, 0.15) is 0 Å². The first kappa shape index (κ1) is 13.3. The van der Waals surface area contributed by atoms with Gasteiger partial charge in [-0.2, -0.15) is 0 Å². The summed E-state index contributed by atoms with van der Waals surface area (Å²) in [5.41, 5.74) is 6.71. The number of nitrogens with two attached hydrogens (primary N) is 1. The molecular formula is C14H20ClNS. The van der Waals surface area contributed by atoms with Gasteiger partial charge in [-0.25, -0.2) is 0 Å². The highest BCUT2D eigenvalue weighted by molar-refractivity contribution is 8.00. The molecule has 0 aliphatic heterocycles. The van der Waals surface area contributed by atoms with Gasteiger partial charge in [-0.05, 0) is 36.5 Å². The molecule has 1 aromatic carbocycles. The lowest BCUT2D eigenvalue weighted by Gasteiger charge is -2.26. The van der Waals surface area contributed by atoms with E-state index < -0.39 is 0 Å². The maximum Gasteiger partial charge on any atom is 0.0545 e. The predicted octanol–water partition coefficient (Wildman–Crippen LogP) is 4.47. The number of benzene rings is 1. The maximum atomic E-state index is 6.29. The van der Waals surface area contributed by atoms with Crippen LogP contribution in [0.1, 0.15) is 38.2 Å². The lowest BCUT2D eigenvalue weighted by molar-refractivity contribution is 0.394. The quantitative estimate of drug-likeness (QED) is 0.876. The lowest BCUT2D eigenvalue weighted by atomic mass is 9.91. The van der Waals surface area contributed by atoms with Gasteiger partial charge >= 0.3 is 0 Å². The number of halogens is 1. The molecule has 17 heavy (non-hydrogen) atoms. The third kappa shape index (κ3) is 3.64. The van der Waals surface area contributed by atoms with Gasteiger partial charge in [0.15, 0.2) is 0 Å². The standard InChI is InChI=1S/C14H20ClNS/c1-10-3-2-4-12(7-10)17-14-6-5-11(9-16)8-13(14)15/h5-6,8,10,12H,2-4,7,9,16H2,1H3. The second-order valence-corrected chi connectivity index (χ2v) is 6.73. The van der Waals surface area contributed by atoms with Crippen molar-refractivity contribution in [2.45, 2.75) is 49.3 Å². The van der Waals surface area contributed by atoms with Crippen LogP contribution in [-0.4, -0.2) is 5.25 Å². The minimum absolute atomic E-state index is 0.561. The van der Waals surface area contributed by atoms with Crippen molar-refractivity contribution in [3.05, 3.63) is 28.8 Å². The molecule has 1 nitrogen and oxygen atoms in total. The molecule has 2 rings (SSSR count). The van der Waals surface area contributed by atoms with Crippen LogP contribution < -0.4 is 5.73 Å². The lowest BCUT2D eigenvalue weighted by Crippen LogP contribution is -2.14. The van der Waals surface area contributed by atoms with E-state index in [2.05, 4.69) is 19.1 Å². The van der Waals surface area contributed by atoms with Crippen molar-refractivity contribution >= 4 is 23.4 Å². The monoisotopic (exact) mass is 269 g/mol. The van der Waals surface area contributed by atoms with Gasteiger partial charge < -0.3 is 5.73 Å². The van der Waals surface area contributed by atoms with Crippen molar-refractivity contribution < 1.29 is 0 Å². The van der Waals surface area contributed by atoms with Crippen molar-refractivity contribution in [1.82, 2.24) is 0 Å². The van der Waals surface area contributed by atoms with E-state index in [0.29, 0.717) is 6.54 Å². The van der Waals surface area contributed by atoms with Crippen molar-refractivity contribution in [3.8, 4) is 0 Å². The van der Waals surface area contributed by atoms with Crippen LogP contribution in [0, 0.1) is 5.92 Å². The molecular weight excluding hydrogens is 250 g/mol. The summed E-state index contributed by atoms with van der Waals surface area (Å²) in [6.45, 7) is 2.91. The molecule has 0 radical (unpaired) electrons. The molecule has 1 aliphatic rings. The predicted molar refractivity (Wildman–Crippen MR) is 76.6 cm³/mol. The molecule has 1 aliphatic carbocycles. The van der Waals surface area contributed by atoms with Gasteiger partial charge in [0.2, 0.25) is 0 Å². The highest BCUT2D eigenvalue weighted by Crippen LogP contribution is 2.38. The average Bonchev–Trinajstić information content (AvgIpc) is 2.32. The zero-order valence-corrected chi connectivity index (χ0v) is 11.9. The fourth-order valence-electron chi connectivity index (χ4n) is 2.43. The van der Waals surface area contributed by atoms with Crippen LogP contribution >= 0.6 is 23.4 Å². The Bertz CT molecular complexity index is 380. The summed E-state index contributed by atoms with van der Waals surface area (Å²) in [6, 6.07) is 6.20. The van der Waals surface area contributed by atoms with E-state index in [4.69, 9.17) is 17.3 Å².